The third kappa shape index (κ3) is 5.79. The first-order chi connectivity index (χ1) is 13.6. The Balaban J connectivity index is 1.48. The van der Waals surface area contributed by atoms with Crippen LogP contribution in [0, 0.1) is 0 Å². The number of rotatable bonds is 8. The maximum atomic E-state index is 12.3. The van der Waals surface area contributed by atoms with Crippen molar-refractivity contribution in [1.82, 2.24) is 15.3 Å². The first kappa shape index (κ1) is 19.8. The second-order valence-corrected chi connectivity index (χ2v) is 7.00. The first-order valence-corrected chi connectivity index (χ1v) is 9.58. The molecule has 0 aliphatic carbocycles. The molecule has 0 saturated carbocycles. The molecule has 1 aromatic carbocycles. The van der Waals surface area contributed by atoms with E-state index in [2.05, 4.69) is 20.2 Å². The molecule has 0 radical (unpaired) electrons. The summed E-state index contributed by atoms with van der Waals surface area (Å²) in [6.45, 7) is 1.39. The van der Waals surface area contributed by atoms with Crippen molar-refractivity contribution < 1.29 is 4.79 Å². The van der Waals surface area contributed by atoms with E-state index in [4.69, 9.17) is 11.6 Å². The van der Waals surface area contributed by atoms with Crippen LogP contribution in [-0.4, -0.2) is 36.0 Å². The van der Waals surface area contributed by atoms with Crippen LogP contribution in [-0.2, 0) is 12.8 Å². The Morgan fingerprint density at radius 2 is 1.89 bits per heavy atom. The zero-order valence-electron chi connectivity index (χ0n) is 15.8. The van der Waals surface area contributed by atoms with Crippen LogP contribution in [0.15, 0.2) is 67.1 Å². The van der Waals surface area contributed by atoms with Gasteiger partial charge in [-0.1, -0.05) is 23.7 Å². The summed E-state index contributed by atoms with van der Waals surface area (Å²) < 4.78 is 0. The fraction of sp³-hybridized carbons (Fsp3) is 0.227. The lowest BCUT2D eigenvalue weighted by atomic mass is 10.1. The lowest BCUT2D eigenvalue weighted by molar-refractivity contribution is 0.0949. The molecule has 2 aromatic heterocycles. The molecule has 0 saturated heterocycles. The molecule has 0 bridgehead atoms. The highest BCUT2D eigenvalue weighted by Crippen LogP contribution is 2.13. The number of aromatic nitrogens is 2. The number of halogens is 1. The molecule has 1 N–H and O–H groups in total. The molecule has 0 spiro atoms. The number of hydrogen-bond acceptors (Lipinski definition) is 4. The summed E-state index contributed by atoms with van der Waals surface area (Å²) in [5.74, 6) is -0.173. The van der Waals surface area contributed by atoms with Crippen LogP contribution in [0.5, 0.6) is 0 Å². The second kappa shape index (κ2) is 9.85. The van der Waals surface area contributed by atoms with Crippen molar-refractivity contribution >= 4 is 23.2 Å². The van der Waals surface area contributed by atoms with Gasteiger partial charge in [0.05, 0.1) is 11.9 Å². The quantitative estimate of drug-likeness (QED) is 0.631. The SMILES string of the molecule is CN(CCc1ccncc1)c1ccc(C(=O)NCCc2cccc(Cl)c2)nc1. The van der Waals surface area contributed by atoms with E-state index >= 15 is 0 Å². The average molecular weight is 395 g/mol. The molecule has 0 fully saturated rings. The maximum Gasteiger partial charge on any atom is 0.269 e. The zero-order valence-corrected chi connectivity index (χ0v) is 16.6. The molecule has 1 amide bonds. The number of nitrogens with zero attached hydrogens (tertiary/aromatic N) is 3. The molecule has 0 aliphatic heterocycles. The van der Waals surface area contributed by atoms with Gasteiger partial charge in [-0.3, -0.25) is 9.78 Å². The molecule has 0 aliphatic rings. The van der Waals surface area contributed by atoms with E-state index in [9.17, 15) is 4.79 Å². The lowest BCUT2D eigenvalue weighted by Gasteiger charge is -2.19. The van der Waals surface area contributed by atoms with E-state index in [1.54, 1.807) is 24.7 Å². The van der Waals surface area contributed by atoms with Crippen LogP contribution in [0.25, 0.3) is 0 Å². The molecule has 6 heteroatoms. The number of likely N-dealkylation sites (N-methyl/N-ethyl adjacent to an activating group) is 1. The van der Waals surface area contributed by atoms with Crippen molar-refractivity contribution in [2.24, 2.45) is 0 Å². The summed E-state index contributed by atoms with van der Waals surface area (Å²) in [4.78, 5) is 22.7. The standard InChI is InChI=1S/C22H23ClN4O/c1-27(14-10-17-7-11-24-12-8-17)20-5-6-21(26-16-20)22(28)25-13-9-18-3-2-4-19(23)15-18/h2-8,11-12,15-16H,9-10,13-14H2,1H3,(H,25,28). The number of pyridine rings is 2. The largest absolute Gasteiger partial charge is 0.373 e. The van der Waals surface area contributed by atoms with E-state index < -0.39 is 0 Å². The summed E-state index contributed by atoms with van der Waals surface area (Å²) in [7, 11) is 2.02. The fourth-order valence-electron chi connectivity index (χ4n) is 2.82. The van der Waals surface area contributed by atoms with Gasteiger partial charge in [-0.2, -0.15) is 0 Å². The Kier molecular flexibility index (Phi) is 6.98. The van der Waals surface area contributed by atoms with E-state index in [1.165, 1.54) is 5.56 Å². The highest BCUT2D eigenvalue weighted by atomic mass is 35.5. The van der Waals surface area contributed by atoms with Crippen molar-refractivity contribution in [1.29, 1.82) is 0 Å². The molecule has 5 nitrogen and oxygen atoms in total. The number of amides is 1. The normalized spacial score (nSPS) is 10.5. The van der Waals surface area contributed by atoms with E-state index in [0.29, 0.717) is 17.3 Å². The van der Waals surface area contributed by atoms with Gasteiger partial charge in [0, 0.05) is 37.6 Å². The molecular weight excluding hydrogens is 372 g/mol. The van der Waals surface area contributed by atoms with Gasteiger partial charge in [-0.05, 0) is 60.4 Å². The van der Waals surface area contributed by atoms with Crippen molar-refractivity contribution in [3.05, 3.63) is 89.0 Å². The fourth-order valence-corrected chi connectivity index (χ4v) is 3.04. The summed E-state index contributed by atoms with van der Waals surface area (Å²) in [6.07, 6.45) is 6.98. The minimum Gasteiger partial charge on any atom is -0.373 e. The Morgan fingerprint density at radius 3 is 2.61 bits per heavy atom. The molecule has 144 valence electrons. The predicted molar refractivity (Wildman–Crippen MR) is 113 cm³/mol. The number of carbonyl (C=O) groups is 1. The summed E-state index contributed by atoms with van der Waals surface area (Å²) >= 11 is 5.98. The first-order valence-electron chi connectivity index (χ1n) is 9.20. The smallest absolute Gasteiger partial charge is 0.269 e. The Morgan fingerprint density at radius 1 is 1.07 bits per heavy atom. The minimum absolute atomic E-state index is 0.173. The minimum atomic E-state index is -0.173. The summed E-state index contributed by atoms with van der Waals surface area (Å²) in [5, 5.41) is 3.60. The summed E-state index contributed by atoms with van der Waals surface area (Å²) in [6, 6.07) is 15.4. The van der Waals surface area contributed by atoms with Crippen LogP contribution < -0.4 is 10.2 Å². The molecule has 2 heterocycles. The summed E-state index contributed by atoms with van der Waals surface area (Å²) in [5.41, 5.74) is 3.72. The third-order valence-electron chi connectivity index (χ3n) is 4.49. The second-order valence-electron chi connectivity index (χ2n) is 6.56. The van der Waals surface area contributed by atoms with Gasteiger partial charge in [-0.25, -0.2) is 4.98 Å². The molecule has 0 unspecified atom stereocenters. The monoisotopic (exact) mass is 394 g/mol. The predicted octanol–water partition coefficient (Wildman–Crippen LogP) is 3.78. The van der Waals surface area contributed by atoms with E-state index in [0.717, 1.165) is 30.6 Å². The van der Waals surface area contributed by atoms with Crippen LogP contribution in [0.1, 0.15) is 21.6 Å². The van der Waals surface area contributed by atoms with Crippen LogP contribution >= 0.6 is 11.6 Å². The molecule has 0 atom stereocenters. The van der Waals surface area contributed by atoms with Gasteiger partial charge in [0.25, 0.3) is 5.91 Å². The molecule has 28 heavy (non-hydrogen) atoms. The van der Waals surface area contributed by atoms with Crippen LogP contribution in [0.4, 0.5) is 5.69 Å². The van der Waals surface area contributed by atoms with Gasteiger partial charge in [0.1, 0.15) is 5.69 Å². The molecule has 3 aromatic rings. The van der Waals surface area contributed by atoms with E-state index in [-0.39, 0.29) is 5.91 Å². The van der Waals surface area contributed by atoms with Crippen molar-refractivity contribution in [3.8, 4) is 0 Å². The number of anilines is 1. The molecule has 3 rings (SSSR count). The van der Waals surface area contributed by atoms with Gasteiger partial charge < -0.3 is 10.2 Å². The third-order valence-corrected chi connectivity index (χ3v) is 4.73. The zero-order chi connectivity index (χ0) is 19.8. The van der Waals surface area contributed by atoms with Crippen molar-refractivity contribution in [3.63, 3.8) is 0 Å². The number of carbonyl (C=O) groups excluding carboxylic acids is 1. The number of nitrogens with one attached hydrogen (secondary N) is 1. The topological polar surface area (TPSA) is 58.1 Å². The molecular formula is C22H23ClN4O. The van der Waals surface area contributed by atoms with Gasteiger partial charge in [-0.15, -0.1) is 0 Å². The Bertz CT molecular complexity index is 900. The van der Waals surface area contributed by atoms with Crippen molar-refractivity contribution in [2.45, 2.75) is 12.8 Å². The van der Waals surface area contributed by atoms with Gasteiger partial charge in [0.15, 0.2) is 0 Å². The van der Waals surface area contributed by atoms with Gasteiger partial charge in [0.2, 0.25) is 0 Å². The van der Waals surface area contributed by atoms with Crippen LogP contribution in [0.2, 0.25) is 5.02 Å². The Hall–Kier alpha value is -2.92. The average Bonchev–Trinajstić information content (AvgIpc) is 2.73. The maximum absolute atomic E-state index is 12.3. The van der Waals surface area contributed by atoms with Crippen molar-refractivity contribution in [2.75, 3.05) is 25.0 Å². The highest BCUT2D eigenvalue weighted by Gasteiger charge is 2.08. The highest BCUT2D eigenvalue weighted by molar-refractivity contribution is 6.30. The van der Waals surface area contributed by atoms with Gasteiger partial charge >= 0.3 is 0 Å². The van der Waals surface area contributed by atoms with E-state index in [1.807, 2.05) is 49.5 Å². The lowest BCUT2D eigenvalue weighted by Crippen LogP contribution is -2.27. The number of benzene rings is 1. The number of hydrogen-bond donors (Lipinski definition) is 1. The van der Waals surface area contributed by atoms with Crippen LogP contribution in [0.3, 0.4) is 0 Å². The Labute approximate surface area is 170 Å².